The molecule has 17 heavy (non-hydrogen) atoms. The summed E-state index contributed by atoms with van der Waals surface area (Å²) in [7, 11) is 4.32. The van der Waals surface area contributed by atoms with Gasteiger partial charge in [-0.1, -0.05) is 18.2 Å². The predicted molar refractivity (Wildman–Crippen MR) is 68.1 cm³/mol. The van der Waals surface area contributed by atoms with Crippen LogP contribution in [0.1, 0.15) is 17.3 Å². The fourth-order valence-corrected chi connectivity index (χ4v) is 1.61. The zero-order valence-corrected chi connectivity index (χ0v) is 10.6. The molecule has 4 heteroatoms. The van der Waals surface area contributed by atoms with E-state index in [2.05, 4.69) is 30.8 Å². The van der Waals surface area contributed by atoms with Gasteiger partial charge in [-0.15, -0.1) is 0 Å². The van der Waals surface area contributed by atoms with E-state index in [1.807, 2.05) is 0 Å². The number of benzene rings is 1. The Balaban J connectivity index is 0.000000171. The van der Waals surface area contributed by atoms with Gasteiger partial charge in [0.2, 0.25) is 0 Å². The van der Waals surface area contributed by atoms with Crippen LogP contribution in [0.4, 0.5) is 0 Å². The van der Waals surface area contributed by atoms with Crippen molar-refractivity contribution in [3.8, 4) is 0 Å². The van der Waals surface area contributed by atoms with Gasteiger partial charge in [0.25, 0.3) is 0 Å². The number of likely N-dealkylation sites (N-methyl/N-ethyl adjacent to an activating group) is 2. The van der Waals surface area contributed by atoms with Crippen LogP contribution in [0.25, 0.3) is 0 Å². The smallest absolute Gasteiger partial charge is 0.335 e. The fraction of sp³-hybridized carbons (Fsp3) is 0.462. The summed E-state index contributed by atoms with van der Waals surface area (Å²) < 4.78 is 0. The van der Waals surface area contributed by atoms with E-state index >= 15 is 0 Å². The Labute approximate surface area is 102 Å². The Bertz CT molecular complexity index is 344. The quantitative estimate of drug-likeness (QED) is 0.804. The Kier molecular flexibility index (Phi) is 5.12. The molecule has 0 amide bonds. The van der Waals surface area contributed by atoms with Crippen LogP contribution in [-0.4, -0.2) is 54.2 Å². The summed E-state index contributed by atoms with van der Waals surface area (Å²) in [5.74, 6) is -0.879. The molecular formula is C13H20N2O2. The van der Waals surface area contributed by atoms with Gasteiger partial charge >= 0.3 is 5.97 Å². The third-order valence-corrected chi connectivity index (χ3v) is 3.10. The van der Waals surface area contributed by atoms with Crippen molar-refractivity contribution in [2.24, 2.45) is 0 Å². The van der Waals surface area contributed by atoms with Crippen molar-refractivity contribution in [2.75, 3.05) is 27.2 Å². The number of rotatable bonds is 1. The Morgan fingerprint density at radius 3 is 1.88 bits per heavy atom. The lowest BCUT2D eigenvalue weighted by Gasteiger charge is -2.19. The van der Waals surface area contributed by atoms with Crippen LogP contribution in [0.3, 0.4) is 0 Å². The summed E-state index contributed by atoms with van der Waals surface area (Å²) in [4.78, 5) is 14.9. The van der Waals surface area contributed by atoms with E-state index in [0.717, 1.165) is 0 Å². The molecule has 1 aliphatic heterocycles. The first-order chi connectivity index (χ1) is 8.02. The molecule has 0 bridgehead atoms. The van der Waals surface area contributed by atoms with E-state index in [1.165, 1.54) is 13.1 Å². The molecule has 0 radical (unpaired) electrons. The number of hydrogen-bond donors (Lipinski definition) is 1. The third-order valence-electron chi connectivity index (χ3n) is 3.10. The minimum Gasteiger partial charge on any atom is -0.478 e. The van der Waals surface area contributed by atoms with Crippen LogP contribution in [0.15, 0.2) is 30.3 Å². The summed E-state index contributed by atoms with van der Waals surface area (Å²) in [6, 6.07) is 8.30. The topological polar surface area (TPSA) is 43.8 Å². The zero-order valence-electron chi connectivity index (χ0n) is 10.6. The molecule has 1 aliphatic rings. The van der Waals surface area contributed by atoms with Gasteiger partial charge < -0.3 is 5.11 Å². The Morgan fingerprint density at radius 1 is 1.18 bits per heavy atom. The van der Waals surface area contributed by atoms with Crippen LogP contribution in [0, 0.1) is 0 Å². The highest BCUT2D eigenvalue weighted by Gasteiger charge is 2.20. The molecule has 4 nitrogen and oxygen atoms in total. The van der Waals surface area contributed by atoms with Gasteiger partial charge in [-0.25, -0.2) is 4.79 Å². The van der Waals surface area contributed by atoms with Gasteiger partial charge in [-0.3, -0.25) is 9.80 Å². The fourth-order valence-electron chi connectivity index (χ4n) is 1.61. The predicted octanol–water partition coefficient (Wildman–Crippen LogP) is 1.59. The number of carbonyl (C=O) groups is 1. The first-order valence-electron chi connectivity index (χ1n) is 5.71. The molecule has 1 N–H and O–H groups in total. The van der Waals surface area contributed by atoms with Crippen molar-refractivity contribution in [1.29, 1.82) is 0 Å². The lowest BCUT2D eigenvalue weighted by molar-refractivity contribution is 0.0697. The van der Waals surface area contributed by atoms with E-state index in [-0.39, 0.29) is 0 Å². The van der Waals surface area contributed by atoms with Crippen LogP contribution in [0.2, 0.25) is 0 Å². The molecule has 0 atom stereocenters. The van der Waals surface area contributed by atoms with E-state index in [0.29, 0.717) is 11.7 Å². The van der Waals surface area contributed by atoms with E-state index in [1.54, 1.807) is 30.3 Å². The summed E-state index contributed by atoms with van der Waals surface area (Å²) in [5, 5.41) is 8.38. The number of carboxylic acids is 1. The molecule has 1 fully saturated rings. The van der Waals surface area contributed by atoms with Crippen LogP contribution >= 0.6 is 0 Å². The van der Waals surface area contributed by atoms with Crippen molar-refractivity contribution < 1.29 is 9.90 Å². The highest BCUT2D eigenvalue weighted by molar-refractivity contribution is 5.87. The van der Waals surface area contributed by atoms with Crippen LogP contribution in [-0.2, 0) is 0 Å². The van der Waals surface area contributed by atoms with E-state index in [4.69, 9.17) is 5.11 Å². The average molecular weight is 236 g/mol. The highest BCUT2D eigenvalue weighted by Crippen LogP contribution is 2.07. The summed E-state index contributed by atoms with van der Waals surface area (Å²) >= 11 is 0. The van der Waals surface area contributed by atoms with Crippen molar-refractivity contribution in [3.05, 3.63) is 35.9 Å². The maximum Gasteiger partial charge on any atom is 0.335 e. The monoisotopic (exact) mass is 236 g/mol. The Morgan fingerprint density at radius 2 is 1.65 bits per heavy atom. The van der Waals surface area contributed by atoms with Crippen molar-refractivity contribution in [2.45, 2.75) is 13.1 Å². The summed E-state index contributed by atoms with van der Waals surface area (Å²) in [6.07, 6.45) is 0.648. The van der Waals surface area contributed by atoms with Gasteiger partial charge in [-0.2, -0.15) is 0 Å². The molecule has 1 heterocycles. The molecule has 0 saturated carbocycles. The number of carboxylic acid groups (broad SMARTS) is 1. The highest BCUT2D eigenvalue weighted by atomic mass is 16.4. The van der Waals surface area contributed by atoms with Gasteiger partial charge in [0, 0.05) is 13.1 Å². The van der Waals surface area contributed by atoms with Gasteiger partial charge in [0.1, 0.15) is 0 Å². The summed E-state index contributed by atoms with van der Waals surface area (Å²) in [5.41, 5.74) is 0.331. The van der Waals surface area contributed by atoms with Gasteiger partial charge in [0.05, 0.1) is 11.7 Å². The van der Waals surface area contributed by atoms with Crippen LogP contribution < -0.4 is 0 Å². The second-order valence-electron chi connectivity index (χ2n) is 4.26. The maximum absolute atomic E-state index is 10.2. The Hall–Kier alpha value is -1.39. The second kappa shape index (κ2) is 6.37. The first-order valence-corrected chi connectivity index (χ1v) is 5.71. The molecule has 1 aromatic carbocycles. The van der Waals surface area contributed by atoms with Crippen molar-refractivity contribution in [3.63, 3.8) is 0 Å². The molecule has 0 unspecified atom stereocenters. The zero-order chi connectivity index (χ0) is 12.8. The number of hydrogen-bond acceptors (Lipinski definition) is 3. The normalized spacial score (nSPS) is 17.6. The molecule has 94 valence electrons. The lowest BCUT2D eigenvalue weighted by Crippen LogP contribution is -2.30. The largest absolute Gasteiger partial charge is 0.478 e. The lowest BCUT2D eigenvalue weighted by atomic mass is 10.2. The van der Waals surface area contributed by atoms with Gasteiger partial charge in [0.15, 0.2) is 0 Å². The average Bonchev–Trinajstić information content (AvgIpc) is 2.62. The maximum atomic E-state index is 10.2. The molecule has 0 aromatic heterocycles. The number of nitrogens with zero attached hydrogens (tertiary/aromatic N) is 2. The molecular weight excluding hydrogens is 216 g/mol. The van der Waals surface area contributed by atoms with Gasteiger partial charge in [-0.05, 0) is 33.2 Å². The van der Waals surface area contributed by atoms with E-state index in [9.17, 15) is 4.79 Å². The SMILES string of the molecule is CC1N(C)CCN1C.O=C(O)c1ccccc1. The summed E-state index contributed by atoms with van der Waals surface area (Å²) in [6.45, 7) is 4.67. The minimum absolute atomic E-state index is 0.331. The standard InChI is InChI=1S/C7H6O2.C6H14N2/c8-7(9)6-4-2-1-3-5-6;1-6-7(2)4-5-8(6)3/h1-5H,(H,8,9);6H,4-5H2,1-3H3. The molecule has 1 saturated heterocycles. The van der Waals surface area contributed by atoms with Crippen molar-refractivity contribution in [1.82, 2.24) is 9.80 Å². The second-order valence-corrected chi connectivity index (χ2v) is 4.26. The van der Waals surface area contributed by atoms with Crippen molar-refractivity contribution >= 4 is 5.97 Å². The van der Waals surface area contributed by atoms with E-state index < -0.39 is 5.97 Å². The third kappa shape index (κ3) is 4.17. The first kappa shape index (κ1) is 13.7. The molecule has 0 spiro atoms. The number of aromatic carboxylic acids is 1. The molecule has 0 aliphatic carbocycles. The molecule has 1 aromatic rings. The van der Waals surface area contributed by atoms with Crippen LogP contribution in [0.5, 0.6) is 0 Å². The minimum atomic E-state index is -0.879. The molecule has 2 rings (SSSR count).